The van der Waals surface area contributed by atoms with Crippen LogP contribution in [0.1, 0.15) is 38.5 Å². The van der Waals surface area contributed by atoms with Crippen LogP contribution in [0.25, 0.3) is 0 Å². The zero-order chi connectivity index (χ0) is 20.6. The summed E-state index contributed by atoms with van der Waals surface area (Å²) >= 11 is 5.97. The van der Waals surface area contributed by atoms with Crippen molar-refractivity contribution in [1.82, 2.24) is 14.7 Å². The number of carbonyl (C=O) groups is 3. The molecule has 4 amide bonds. The van der Waals surface area contributed by atoms with Crippen LogP contribution in [-0.2, 0) is 9.59 Å². The van der Waals surface area contributed by atoms with Crippen molar-refractivity contribution in [3.8, 4) is 0 Å². The zero-order valence-corrected chi connectivity index (χ0v) is 17.5. The largest absolute Gasteiger partial charge is 0.339 e. The fourth-order valence-electron chi connectivity index (χ4n) is 3.78. The lowest BCUT2D eigenvalue weighted by atomic mass is 10.1. The van der Waals surface area contributed by atoms with E-state index in [9.17, 15) is 14.4 Å². The SMILES string of the molecule is O=C(CN1CCCCCCC1=O)N1CCCN(C(=O)Nc2cccc(Cl)c2)CC1. The van der Waals surface area contributed by atoms with Crippen molar-refractivity contribution in [3.05, 3.63) is 29.3 Å². The van der Waals surface area contributed by atoms with E-state index in [2.05, 4.69) is 5.32 Å². The number of halogens is 1. The number of amides is 4. The number of anilines is 1. The maximum Gasteiger partial charge on any atom is 0.321 e. The molecule has 1 aromatic carbocycles. The fourth-order valence-corrected chi connectivity index (χ4v) is 3.97. The van der Waals surface area contributed by atoms with Crippen molar-refractivity contribution in [2.45, 2.75) is 38.5 Å². The van der Waals surface area contributed by atoms with Crippen LogP contribution in [0.2, 0.25) is 5.02 Å². The van der Waals surface area contributed by atoms with Crippen LogP contribution in [0.4, 0.5) is 10.5 Å². The van der Waals surface area contributed by atoms with Gasteiger partial charge < -0.3 is 20.0 Å². The van der Waals surface area contributed by atoms with Crippen LogP contribution in [0.15, 0.2) is 24.3 Å². The van der Waals surface area contributed by atoms with Gasteiger partial charge in [-0.1, -0.05) is 30.5 Å². The van der Waals surface area contributed by atoms with Gasteiger partial charge in [-0.05, 0) is 37.5 Å². The third kappa shape index (κ3) is 6.35. The number of rotatable bonds is 3. The van der Waals surface area contributed by atoms with Gasteiger partial charge in [0.05, 0.1) is 6.54 Å². The molecule has 2 aliphatic heterocycles. The van der Waals surface area contributed by atoms with Crippen LogP contribution in [0.5, 0.6) is 0 Å². The van der Waals surface area contributed by atoms with E-state index >= 15 is 0 Å². The van der Waals surface area contributed by atoms with Crippen LogP contribution < -0.4 is 5.32 Å². The number of nitrogens with one attached hydrogen (secondary N) is 1. The van der Waals surface area contributed by atoms with E-state index in [-0.39, 0.29) is 24.4 Å². The summed E-state index contributed by atoms with van der Waals surface area (Å²) in [5, 5.41) is 3.42. The predicted octanol–water partition coefficient (Wildman–Crippen LogP) is 3.20. The van der Waals surface area contributed by atoms with Crippen LogP contribution in [-0.4, -0.2) is 71.8 Å². The molecule has 2 fully saturated rings. The van der Waals surface area contributed by atoms with E-state index in [1.807, 2.05) is 0 Å². The molecule has 158 valence electrons. The van der Waals surface area contributed by atoms with Gasteiger partial charge in [-0.2, -0.15) is 0 Å². The third-order valence-electron chi connectivity index (χ3n) is 5.46. The first-order chi connectivity index (χ1) is 14.0. The highest BCUT2D eigenvalue weighted by molar-refractivity contribution is 6.30. The fraction of sp³-hybridized carbons (Fsp3) is 0.571. The molecule has 0 aromatic heterocycles. The molecule has 8 heteroatoms. The summed E-state index contributed by atoms with van der Waals surface area (Å²) in [6.07, 6.45) is 5.30. The highest BCUT2D eigenvalue weighted by Crippen LogP contribution is 2.16. The Balaban J connectivity index is 1.51. The van der Waals surface area contributed by atoms with Crippen molar-refractivity contribution in [3.63, 3.8) is 0 Å². The maximum atomic E-state index is 12.8. The number of hydrogen-bond acceptors (Lipinski definition) is 3. The summed E-state index contributed by atoms with van der Waals surface area (Å²) in [5.74, 6) is 0.0476. The summed E-state index contributed by atoms with van der Waals surface area (Å²) in [6, 6.07) is 6.84. The van der Waals surface area contributed by atoms with Crippen molar-refractivity contribution < 1.29 is 14.4 Å². The minimum Gasteiger partial charge on any atom is -0.339 e. The van der Waals surface area contributed by atoms with Crippen molar-refractivity contribution >= 4 is 35.1 Å². The first kappa shape index (κ1) is 21.4. The van der Waals surface area contributed by atoms with Crippen molar-refractivity contribution in [2.75, 3.05) is 44.6 Å². The molecule has 0 radical (unpaired) electrons. The summed E-state index contributed by atoms with van der Waals surface area (Å²) in [5.41, 5.74) is 0.648. The zero-order valence-electron chi connectivity index (χ0n) is 16.7. The minimum atomic E-state index is -0.194. The van der Waals surface area contributed by atoms with Gasteiger partial charge in [0.15, 0.2) is 0 Å². The predicted molar refractivity (Wildman–Crippen MR) is 113 cm³/mol. The van der Waals surface area contributed by atoms with Gasteiger partial charge in [-0.25, -0.2) is 4.79 Å². The molecule has 7 nitrogen and oxygen atoms in total. The average Bonchev–Trinajstić information content (AvgIpc) is 2.94. The van der Waals surface area contributed by atoms with Crippen molar-refractivity contribution in [2.24, 2.45) is 0 Å². The van der Waals surface area contributed by atoms with Gasteiger partial charge in [0, 0.05) is 49.9 Å². The van der Waals surface area contributed by atoms with E-state index in [0.717, 1.165) is 25.7 Å². The maximum absolute atomic E-state index is 12.8. The van der Waals surface area contributed by atoms with E-state index in [0.29, 0.717) is 56.3 Å². The number of urea groups is 1. The molecule has 0 bridgehead atoms. The molecule has 0 spiro atoms. The third-order valence-corrected chi connectivity index (χ3v) is 5.69. The molecule has 0 saturated carbocycles. The minimum absolute atomic E-state index is 0.0315. The summed E-state index contributed by atoms with van der Waals surface area (Å²) in [7, 11) is 0. The molecule has 0 unspecified atom stereocenters. The highest BCUT2D eigenvalue weighted by Gasteiger charge is 2.25. The summed E-state index contributed by atoms with van der Waals surface area (Å²) in [6.45, 7) is 2.93. The number of nitrogens with zero attached hydrogens (tertiary/aromatic N) is 3. The summed E-state index contributed by atoms with van der Waals surface area (Å²) < 4.78 is 0. The topological polar surface area (TPSA) is 73.0 Å². The first-order valence-corrected chi connectivity index (χ1v) is 10.8. The Morgan fingerprint density at radius 2 is 1.69 bits per heavy atom. The Morgan fingerprint density at radius 3 is 2.52 bits per heavy atom. The number of likely N-dealkylation sites (tertiary alicyclic amines) is 1. The monoisotopic (exact) mass is 420 g/mol. The second-order valence-electron chi connectivity index (χ2n) is 7.64. The Hall–Kier alpha value is -2.28. The lowest BCUT2D eigenvalue weighted by molar-refractivity contribution is -0.140. The first-order valence-electron chi connectivity index (χ1n) is 10.4. The number of hydrogen-bond donors (Lipinski definition) is 1. The molecular weight excluding hydrogens is 392 g/mol. The molecule has 2 heterocycles. The Bertz CT molecular complexity index is 742. The lowest BCUT2D eigenvalue weighted by Gasteiger charge is -2.28. The van der Waals surface area contributed by atoms with Gasteiger partial charge in [0.25, 0.3) is 0 Å². The van der Waals surface area contributed by atoms with E-state index < -0.39 is 0 Å². The highest BCUT2D eigenvalue weighted by atomic mass is 35.5. The van der Waals surface area contributed by atoms with Crippen LogP contribution in [0.3, 0.4) is 0 Å². The molecule has 1 aromatic rings. The molecule has 0 atom stereocenters. The average molecular weight is 421 g/mol. The van der Waals surface area contributed by atoms with Gasteiger partial charge in [-0.3, -0.25) is 9.59 Å². The number of carbonyl (C=O) groups excluding carboxylic acids is 3. The lowest BCUT2D eigenvalue weighted by Crippen LogP contribution is -2.45. The second kappa shape index (κ2) is 10.5. The molecule has 0 aliphatic carbocycles. The molecule has 2 aliphatic rings. The number of benzene rings is 1. The molecular formula is C21H29ClN4O3. The second-order valence-corrected chi connectivity index (χ2v) is 8.08. The van der Waals surface area contributed by atoms with Gasteiger partial charge in [0.1, 0.15) is 0 Å². The van der Waals surface area contributed by atoms with Crippen LogP contribution in [0, 0.1) is 0 Å². The van der Waals surface area contributed by atoms with Gasteiger partial charge >= 0.3 is 6.03 Å². The molecule has 3 rings (SSSR count). The van der Waals surface area contributed by atoms with Gasteiger partial charge in [0.2, 0.25) is 11.8 Å². The van der Waals surface area contributed by atoms with Crippen molar-refractivity contribution in [1.29, 1.82) is 0 Å². The molecule has 1 N–H and O–H groups in total. The smallest absolute Gasteiger partial charge is 0.321 e. The standard InChI is InChI=1S/C21H29ClN4O3/c22-17-7-5-8-18(15-17)23-21(29)25-12-6-11-24(13-14-25)20(28)16-26-10-4-2-1-3-9-19(26)27/h5,7-8,15H,1-4,6,9-14,16H2,(H,23,29). The normalized spacial score (nSPS) is 18.7. The Labute approximate surface area is 177 Å². The van der Waals surface area contributed by atoms with Crippen LogP contribution >= 0.6 is 11.6 Å². The van der Waals surface area contributed by atoms with E-state index in [4.69, 9.17) is 11.6 Å². The molecule has 29 heavy (non-hydrogen) atoms. The van der Waals surface area contributed by atoms with Gasteiger partial charge in [-0.15, -0.1) is 0 Å². The van der Waals surface area contributed by atoms with E-state index in [1.165, 1.54) is 0 Å². The summed E-state index contributed by atoms with van der Waals surface area (Å²) in [4.78, 5) is 42.8. The molecule has 2 saturated heterocycles. The quantitative estimate of drug-likeness (QED) is 0.816. The Morgan fingerprint density at radius 1 is 0.931 bits per heavy atom. The van der Waals surface area contributed by atoms with E-state index in [1.54, 1.807) is 39.0 Å². The Kier molecular flexibility index (Phi) is 7.75.